The Labute approximate surface area is 132 Å². The van der Waals surface area contributed by atoms with Crippen molar-refractivity contribution in [2.24, 2.45) is 0 Å². The van der Waals surface area contributed by atoms with E-state index < -0.39 is 10.9 Å². The Bertz CT molecular complexity index is 858. The summed E-state index contributed by atoms with van der Waals surface area (Å²) in [5, 5.41) is 2.71. The fourth-order valence-corrected chi connectivity index (χ4v) is 3.30. The fraction of sp³-hybridized carbons (Fsp3) is 0.353. The van der Waals surface area contributed by atoms with Crippen molar-refractivity contribution in [3.05, 3.63) is 38.6 Å². The lowest BCUT2D eigenvalue weighted by atomic mass is 9.95. The molecular formula is C17H16N2O4. The number of amides is 1. The number of ether oxygens (including phenoxy) is 1. The van der Waals surface area contributed by atoms with Gasteiger partial charge < -0.3 is 15.0 Å². The number of benzene rings is 1. The number of carbonyl (C=O) groups excluding carboxylic acids is 1. The van der Waals surface area contributed by atoms with E-state index in [1.165, 1.54) is 0 Å². The largest absolute Gasteiger partial charge is 0.482 e. The molecular weight excluding hydrogens is 296 g/mol. The fourth-order valence-electron chi connectivity index (χ4n) is 3.30. The van der Waals surface area contributed by atoms with Crippen molar-refractivity contribution in [3.63, 3.8) is 0 Å². The van der Waals surface area contributed by atoms with Gasteiger partial charge in [-0.05, 0) is 37.0 Å². The number of rotatable bonds is 2. The zero-order valence-corrected chi connectivity index (χ0v) is 12.6. The Balaban J connectivity index is 1.74. The summed E-state index contributed by atoms with van der Waals surface area (Å²) < 4.78 is 5.39. The zero-order valence-electron chi connectivity index (χ0n) is 12.6. The summed E-state index contributed by atoms with van der Waals surface area (Å²) in [4.78, 5) is 37.5. The van der Waals surface area contributed by atoms with Gasteiger partial charge in [0, 0.05) is 13.1 Å². The topological polar surface area (TPSA) is 75.7 Å². The van der Waals surface area contributed by atoms with E-state index in [0.29, 0.717) is 28.3 Å². The quantitative estimate of drug-likeness (QED) is 0.845. The summed E-state index contributed by atoms with van der Waals surface area (Å²) in [5.74, 6) is 0.327. The third-order valence-corrected chi connectivity index (χ3v) is 4.46. The van der Waals surface area contributed by atoms with Gasteiger partial charge in [0.05, 0.1) is 11.3 Å². The highest BCUT2D eigenvalue weighted by atomic mass is 16.5. The average Bonchev–Trinajstić information content (AvgIpc) is 2.59. The van der Waals surface area contributed by atoms with E-state index >= 15 is 0 Å². The van der Waals surface area contributed by atoms with Crippen LogP contribution < -0.4 is 25.8 Å². The summed E-state index contributed by atoms with van der Waals surface area (Å²) in [7, 11) is 0. The van der Waals surface area contributed by atoms with Crippen molar-refractivity contribution in [1.82, 2.24) is 0 Å². The van der Waals surface area contributed by atoms with Gasteiger partial charge in [-0.3, -0.25) is 14.4 Å². The molecule has 118 valence electrons. The highest BCUT2D eigenvalue weighted by Gasteiger charge is 2.28. The van der Waals surface area contributed by atoms with E-state index in [2.05, 4.69) is 5.32 Å². The van der Waals surface area contributed by atoms with Crippen molar-refractivity contribution in [2.45, 2.75) is 19.3 Å². The summed E-state index contributed by atoms with van der Waals surface area (Å²) >= 11 is 0. The number of piperidine rings is 1. The highest BCUT2D eigenvalue weighted by Crippen LogP contribution is 2.35. The molecule has 0 aliphatic carbocycles. The molecule has 1 amide bonds. The first-order valence-electron chi connectivity index (χ1n) is 7.80. The molecule has 0 saturated carbocycles. The van der Waals surface area contributed by atoms with Gasteiger partial charge in [0.2, 0.25) is 10.9 Å². The Morgan fingerprint density at radius 1 is 1.00 bits per heavy atom. The van der Waals surface area contributed by atoms with E-state index in [1.54, 1.807) is 18.2 Å². The van der Waals surface area contributed by atoms with Crippen LogP contribution in [-0.2, 0) is 4.79 Å². The molecule has 0 bridgehead atoms. The molecule has 1 saturated heterocycles. The smallest absolute Gasteiger partial charge is 0.262 e. The van der Waals surface area contributed by atoms with Crippen LogP contribution in [0.25, 0.3) is 11.1 Å². The second kappa shape index (κ2) is 5.22. The first-order valence-corrected chi connectivity index (χ1v) is 7.80. The molecule has 0 spiro atoms. The monoisotopic (exact) mass is 312 g/mol. The lowest BCUT2D eigenvalue weighted by Gasteiger charge is -2.31. The predicted molar refractivity (Wildman–Crippen MR) is 87.0 cm³/mol. The molecule has 1 N–H and O–H groups in total. The van der Waals surface area contributed by atoms with Gasteiger partial charge in [0.1, 0.15) is 11.4 Å². The van der Waals surface area contributed by atoms with Crippen LogP contribution in [-0.4, -0.2) is 25.6 Å². The maximum Gasteiger partial charge on any atom is 0.262 e. The Kier molecular flexibility index (Phi) is 3.18. The van der Waals surface area contributed by atoms with Gasteiger partial charge in [0.25, 0.3) is 5.91 Å². The third-order valence-electron chi connectivity index (χ3n) is 4.46. The van der Waals surface area contributed by atoms with Crippen molar-refractivity contribution in [2.75, 3.05) is 29.9 Å². The minimum absolute atomic E-state index is 0.0403. The normalized spacial score (nSPS) is 17.6. The second-order valence-electron chi connectivity index (χ2n) is 5.98. The first kappa shape index (κ1) is 14.0. The maximum absolute atomic E-state index is 12.1. The number of nitrogens with zero attached hydrogens (tertiary/aromatic N) is 1. The minimum atomic E-state index is -0.439. The van der Waals surface area contributed by atoms with Crippen LogP contribution in [0.2, 0.25) is 0 Å². The van der Waals surface area contributed by atoms with E-state index in [0.717, 1.165) is 32.4 Å². The summed E-state index contributed by atoms with van der Waals surface area (Å²) in [5.41, 5.74) is 1.43. The number of nitrogens with one attached hydrogen (secondary N) is 1. The molecule has 2 aliphatic rings. The molecule has 6 heteroatoms. The number of hydrogen-bond acceptors (Lipinski definition) is 5. The predicted octanol–water partition coefficient (Wildman–Crippen LogP) is 1.27. The van der Waals surface area contributed by atoms with Crippen LogP contribution in [0.1, 0.15) is 19.3 Å². The SMILES string of the molecule is O=C1COc2cc(-c3c(N4CCCCC4)c(=O)c3=O)ccc2N1. The standard InChI is InChI=1S/C17H16N2O4/c20-13-9-23-12-8-10(4-5-11(12)18-13)14-15(17(22)16(14)21)19-6-2-1-3-7-19/h4-5,8H,1-3,6-7,9H2,(H,18,20). The molecule has 2 aromatic rings. The van der Waals surface area contributed by atoms with Gasteiger partial charge in [-0.2, -0.15) is 0 Å². The highest BCUT2D eigenvalue weighted by molar-refractivity contribution is 5.96. The Morgan fingerprint density at radius 2 is 1.78 bits per heavy atom. The lowest BCUT2D eigenvalue weighted by molar-refractivity contribution is -0.118. The van der Waals surface area contributed by atoms with Gasteiger partial charge in [-0.15, -0.1) is 0 Å². The molecule has 2 aliphatic heterocycles. The van der Waals surface area contributed by atoms with Gasteiger partial charge in [0.15, 0.2) is 6.61 Å². The summed E-state index contributed by atoms with van der Waals surface area (Å²) in [6.45, 7) is 1.59. The number of anilines is 2. The maximum atomic E-state index is 12.1. The van der Waals surface area contributed by atoms with E-state index in [-0.39, 0.29) is 12.5 Å². The molecule has 0 aromatic heterocycles. The molecule has 6 nitrogen and oxygen atoms in total. The van der Waals surface area contributed by atoms with Crippen LogP contribution in [0.15, 0.2) is 27.8 Å². The van der Waals surface area contributed by atoms with Crippen LogP contribution in [0.4, 0.5) is 11.4 Å². The van der Waals surface area contributed by atoms with E-state index in [4.69, 9.17) is 4.74 Å². The van der Waals surface area contributed by atoms with Gasteiger partial charge in [-0.1, -0.05) is 6.07 Å². The lowest BCUT2D eigenvalue weighted by Crippen LogP contribution is -2.44. The minimum Gasteiger partial charge on any atom is -0.482 e. The van der Waals surface area contributed by atoms with Crippen LogP contribution in [0.3, 0.4) is 0 Å². The summed E-state index contributed by atoms with van der Waals surface area (Å²) in [6, 6.07) is 5.18. The van der Waals surface area contributed by atoms with E-state index in [9.17, 15) is 14.4 Å². The molecule has 23 heavy (non-hydrogen) atoms. The van der Waals surface area contributed by atoms with Gasteiger partial charge >= 0.3 is 0 Å². The Hall–Kier alpha value is -2.63. The molecule has 0 atom stereocenters. The number of carbonyl (C=O) groups is 1. The molecule has 2 heterocycles. The van der Waals surface area contributed by atoms with Crippen LogP contribution in [0, 0.1) is 0 Å². The molecule has 2 aromatic carbocycles. The van der Waals surface area contributed by atoms with Crippen molar-refractivity contribution >= 4 is 17.3 Å². The Morgan fingerprint density at radius 3 is 2.57 bits per heavy atom. The van der Waals surface area contributed by atoms with E-state index in [1.807, 2.05) is 4.90 Å². The second-order valence-corrected chi connectivity index (χ2v) is 5.98. The van der Waals surface area contributed by atoms with Crippen LogP contribution in [0.5, 0.6) is 5.75 Å². The van der Waals surface area contributed by atoms with Gasteiger partial charge in [-0.25, -0.2) is 0 Å². The average molecular weight is 312 g/mol. The van der Waals surface area contributed by atoms with Crippen molar-refractivity contribution in [1.29, 1.82) is 0 Å². The molecule has 0 radical (unpaired) electrons. The molecule has 0 unspecified atom stereocenters. The van der Waals surface area contributed by atoms with Crippen molar-refractivity contribution in [3.8, 4) is 16.9 Å². The third kappa shape index (κ3) is 2.21. The van der Waals surface area contributed by atoms with Crippen LogP contribution >= 0.6 is 0 Å². The summed E-state index contributed by atoms with van der Waals surface area (Å²) in [6.07, 6.45) is 3.24. The zero-order chi connectivity index (χ0) is 16.0. The first-order chi connectivity index (χ1) is 11.1. The molecule has 4 rings (SSSR count). The molecule has 1 fully saturated rings. The van der Waals surface area contributed by atoms with Crippen molar-refractivity contribution < 1.29 is 9.53 Å². The number of fused-ring (bicyclic) bond motifs is 1. The number of hydrogen-bond donors (Lipinski definition) is 1.